The Hall–Kier alpha value is -2.68. The van der Waals surface area contributed by atoms with E-state index in [9.17, 15) is 0 Å². The molecule has 0 fully saturated rings. The Kier molecular flexibility index (Phi) is 3.38. The molecule has 0 amide bonds. The molecule has 1 aromatic carbocycles. The zero-order chi connectivity index (χ0) is 16.8. The minimum Gasteiger partial charge on any atom is -0.453 e. The zero-order valence-electron chi connectivity index (χ0n) is 14.5. The summed E-state index contributed by atoms with van der Waals surface area (Å²) < 4.78 is 8.36. The molecule has 0 saturated carbocycles. The number of pyridine rings is 2. The summed E-state index contributed by atoms with van der Waals surface area (Å²) in [5, 5.41) is 1.07. The van der Waals surface area contributed by atoms with Gasteiger partial charge >= 0.3 is 0 Å². The summed E-state index contributed by atoms with van der Waals surface area (Å²) in [5.74, 6) is 0.488. The lowest BCUT2D eigenvalue weighted by atomic mass is 9.97. The standard InChI is InChI=1S/C21H21N2O/c1-13(2)15-9-11-23(4)17(12-15)19-14(3)7-8-16-20-18(24-21(16)19)6-5-10-22-20/h5-13H,1-4H3/q+1. The fourth-order valence-corrected chi connectivity index (χ4v) is 3.27. The third-order valence-electron chi connectivity index (χ3n) is 4.70. The molecule has 4 rings (SSSR count). The largest absolute Gasteiger partial charge is 0.453 e. The van der Waals surface area contributed by atoms with Crippen molar-refractivity contribution < 1.29 is 8.98 Å². The molecule has 0 N–H and O–H groups in total. The van der Waals surface area contributed by atoms with Crippen LogP contribution in [0.5, 0.6) is 0 Å². The van der Waals surface area contributed by atoms with Gasteiger partial charge in [-0.3, -0.25) is 4.98 Å². The van der Waals surface area contributed by atoms with Gasteiger partial charge in [0.25, 0.3) is 0 Å². The van der Waals surface area contributed by atoms with Gasteiger partial charge in [0.2, 0.25) is 5.69 Å². The topological polar surface area (TPSA) is 29.9 Å². The number of furan rings is 1. The normalized spacial score (nSPS) is 11.7. The molecule has 0 unspecified atom stereocenters. The van der Waals surface area contributed by atoms with Crippen LogP contribution in [0, 0.1) is 6.92 Å². The maximum atomic E-state index is 6.20. The van der Waals surface area contributed by atoms with E-state index < -0.39 is 0 Å². The molecule has 24 heavy (non-hydrogen) atoms. The molecule has 3 heteroatoms. The van der Waals surface area contributed by atoms with Gasteiger partial charge in [0, 0.05) is 23.7 Å². The molecule has 0 aliphatic heterocycles. The number of nitrogens with zero attached hydrogens (tertiary/aromatic N) is 2. The van der Waals surface area contributed by atoms with Gasteiger partial charge < -0.3 is 4.42 Å². The van der Waals surface area contributed by atoms with Gasteiger partial charge in [0.1, 0.15) is 12.6 Å². The van der Waals surface area contributed by atoms with Crippen LogP contribution >= 0.6 is 0 Å². The van der Waals surface area contributed by atoms with Crippen LogP contribution < -0.4 is 4.57 Å². The molecule has 3 heterocycles. The van der Waals surface area contributed by atoms with Crippen LogP contribution in [-0.2, 0) is 7.05 Å². The highest BCUT2D eigenvalue weighted by molar-refractivity contribution is 6.07. The number of fused-ring (bicyclic) bond motifs is 3. The van der Waals surface area contributed by atoms with E-state index in [0.29, 0.717) is 5.92 Å². The molecule has 0 spiro atoms. The van der Waals surface area contributed by atoms with Crippen LogP contribution in [0.3, 0.4) is 0 Å². The second-order valence-corrected chi connectivity index (χ2v) is 6.70. The molecule has 0 saturated heterocycles. The Labute approximate surface area is 141 Å². The SMILES string of the molecule is Cc1ccc2c(oc3cccnc32)c1-c1cc(C(C)C)cc[n+]1C. The van der Waals surface area contributed by atoms with Crippen LogP contribution in [0.15, 0.2) is 53.2 Å². The van der Waals surface area contributed by atoms with Crippen LogP contribution in [0.4, 0.5) is 0 Å². The van der Waals surface area contributed by atoms with Crippen molar-refractivity contribution >= 4 is 22.1 Å². The highest BCUT2D eigenvalue weighted by atomic mass is 16.3. The third kappa shape index (κ3) is 2.20. The molecule has 3 aromatic heterocycles. The van der Waals surface area contributed by atoms with Crippen molar-refractivity contribution in [3.63, 3.8) is 0 Å². The molecule has 0 radical (unpaired) electrons. The number of rotatable bonds is 2. The number of benzene rings is 1. The van der Waals surface area contributed by atoms with Gasteiger partial charge in [0.15, 0.2) is 17.4 Å². The maximum Gasteiger partial charge on any atom is 0.216 e. The molecule has 4 aromatic rings. The highest BCUT2D eigenvalue weighted by Crippen LogP contribution is 2.36. The Morgan fingerprint density at radius 1 is 1.12 bits per heavy atom. The fourth-order valence-electron chi connectivity index (χ4n) is 3.27. The third-order valence-corrected chi connectivity index (χ3v) is 4.70. The summed E-state index contributed by atoms with van der Waals surface area (Å²) in [6.45, 7) is 6.58. The molecule has 3 nitrogen and oxygen atoms in total. The number of hydrogen-bond acceptors (Lipinski definition) is 2. The molecular weight excluding hydrogens is 296 g/mol. The first-order valence-corrected chi connectivity index (χ1v) is 8.33. The van der Waals surface area contributed by atoms with E-state index in [-0.39, 0.29) is 0 Å². The van der Waals surface area contributed by atoms with Crippen LogP contribution in [0.25, 0.3) is 33.3 Å². The van der Waals surface area contributed by atoms with Crippen molar-refractivity contribution in [2.75, 3.05) is 0 Å². The van der Waals surface area contributed by atoms with E-state index in [1.54, 1.807) is 0 Å². The van der Waals surface area contributed by atoms with Crippen molar-refractivity contribution in [2.45, 2.75) is 26.7 Å². The summed E-state index contributed by atoms with van der Waals surface area (Å²) in [5.41, 5.74) is 7.53. The molecule has 120 valence electrons. The lowest BCUT2D eigenvalue weighted by Gasteiger charge is -2.09. The van der Waals surface area contributed by atoms with Crippen molar-refractivity contribution in [2.24, 2.45) is 7.05 Å². The predicted molar refractivity (Wildman–Crippen MR) is 97.0 cm³/mol. The Balaban J connectivity index is 2.10. The predicted octanol–water partition coefficient (Wildman–Crippen LogP) is 4.90. The van der Waals surface area contributed by atoms with E-state index in [4.69, 9.17) is 4.42 Å². The summed E-state index contributed by atoms with van der Waals surface area (Å²) in [6, 6.07) is 12.6. The zero-order valence-corrected chi connectivity index (χ0v) is 14.5. The molecule has 0 aliphatic rings. The van der Waals surface area contributed by atoms with Crippen molar-refractivity contribution in [1.29, 1.82) is 0 Å². The lowest BCUT2D eigenvalue weighted by molar-refractivity contribution is -0.660. The number of aromatic nitrogens is 2. The number of hydrogen-bond donors (Lipinski definition) is 0. The summed E-state index contributed by atoms with van der Waals surface area (Å²) in [7, 11) is 2.08. The second kappa shape index (κ2) is 5.45. The average molecular weight is 317 g/mol. The first-order valence-electron chi connectivity index (χ1n) is 8.33. The van der Waals surface area contributed by atoms with Gasteiger partial charge in [-0.15, -0.1) is 0 Å². The summed E-state index contributed by atoms with van der Waals surface area (Å²) >= 11 is 0. The van der Waals surface area contributed by atoms with Crippen molar-refractivity contribution in [1.82, 2.24) is 4.98 Å². The fraction of sp³-hybridized carbons (Fsp3) is 0.238. The molecule has 0 atom stereocenters. The summed E-state index contributed by atoms with van der Waals surface area (Å²) in [4.78, 5) is 4.50. The quantitative estimate of drug-likeness (QED) is 0.492. The van der Waals surface area contributed by atoms with E-state index in [1.807, 2.05) is 18.3 Å². The smallest absolute Gasteiger partial charge is 0.216 e. The van der Waals surface area contributed by atoms with E-state index in [1.165, 1.54) is 16.8 Å². The minimum absolute atomic E-state index is 0.488. The van der Waals surface area contributed by atoms with E-state index >= 15 is 0 Å². The van der Waals surface area contributed by atoms with E-state index in [2.05, 4.69) is 67.8 Å². The average Bonchev–Trinajstić information content (AvgIpc) is 2.94. The summed E-state index contributed by atoms with van der Waals surface area (Å²) in [6.07, 6.45) is 3.94. The first-order chi connectivity index (χ1) is 11.6. The van der Waals surface area contributed by atoms with Gasteiger partial charge in [-0.1, -0.05) is 19.9 Å². The van der Waals surface area contributed by atoms with Gasteiger partial charge in [-0.2, -0.15) is 0 Å². The van der Waals surface area contributed by atoms with Crippen LogP contribution in [0.2, 0.25) is 0 Å². The van der Waals surface area contributed by atoms with Gasteiger partial charge in [-0.05, 0) is 42.2 Å². The van der Waals surface area contributed by atoms with Crippen molar-refractivity contribution in [3.05, 3.63) is 59.9 Å². The first kappa shape index (κ1) is 14.9. The van der Waals surface area contributed by atoms with Crippen LogP contribution in [-0.4, -0.2) is 4.98 Å². The maximum absolute atomic E-state index is 6.20. The molecule has 0 bridgehead atoms. The van der Waals surface area contributed by atoms with Crippen LogP contribution in [0.1, 0.15) is 30.9 Å². The number of aryl methyl sites for hydroxylation is 2. The highest BCUT2D eigenvalue weighted by Gasteiger charge is 2.21. The Morgan fingerprint density at radius 2 is 1.96 bits per heavy atom. The second-order valence-electron chi connectivity index (χ2n) is 6.70. The van der Waals surface area contributed by atoms with Gasteiger partial charge in [0.05, 0.1) is 5.56 Å². The minimum atomic E-state index is 0.488. The Bertz CT molecular complexity index is 1060. The lowest BCUT2D eigenvalue weighted by Crippen LogP contribution is -2.31. The Morgan fingerprint density at radius 3 is 2.75 bits per heavy atom. The molecule has 0 aliphatic carbocycles. The van der Waals surface area contributed by atoms with Gasteiger partial charge in [-0.25, -0.2) is 4.57 Å². The van der Waals surface area contributed by atoms with Crippen molar-refractivity contribution in [3.8, 4) is 11.3 Å². The molecular formula is C21H21N2O+. The monoisotopic (exact) mass is 317 g/mol. The van der Waals surface area contributed by atoms with E-state index in [0.717, 1.165) is 27.6 Å².